The number of aromatic nitrogens is 3. The summed E-state index contributed by atoms with van der Waals surface area (Å²) in [6, 6.07) is 9.32. The molecule has 0 bridgehead atoms. The summed E-state index contributed by atoms with van der Waals surface area (Å²) < 4.78 is 11.1. The zero-order chi connectivity index (χ0) is 21.0. The van der Waals surface area contributed by atoms with Crippen LogP contribution in [0.2, 0.25) is 0 Å². The van der Waals surface area contributed by atoms with Crippen LogP contribution in [0.15, 0.2) is 42.7 Å². The first-order valence-corrected chi connectivity index (χ1v) is 10.9. The van der Waals surface area contributed by atoms with Gasteiger partial charge in [0.05, 0.1) is 17.7 Å². The summed E-state index contributed by atoms with van der Waals surface area (Å²) in [6.45, 7) is 3.91. The molecule has 158 valence electrons. The van der Waals surface area contributed by atoms with E-state index < -0.39 is 5.60 Å². The lowest BCUT2D eigenvalue weighted by molar-refractivity contribution is 0.0241. The minimum atomic E-state index is -0.933. The molecule has 7 nitrogen and oxygen atoms in total. The molecule has 8 heteroatoms. The van der Waals surface area contributed by atoms with Gasteiger partial charge in [0.2, 0.25) is 5.95 Å². The summed E-state index contributed by atoms with van der Waals surface area (Å²) in [5.74, 6) is 2.28. The van der Waals surface area contributed by atoms with Crippen LogP contribution in [-0.2, 0) is 12.2 Å². The van der Waals surface area contributed by atoms with Gasteiger partial charge in [-0.3, -0.25) is 0 Å². The van der Waals surface area contributed by atoms with Gasteiger partial charge in [0.1, 0.15) is 28.7 Å². The van der Waals surface area contributed by atoms with Gasteiger partial charge < -0.3 is 19.5 Å². The molecule has 1 unspecified atom stereocenters. The third-order valence-corrected chi connectivity index (χ3v) is 6.69. The first-order chi connectivity index (χ1) is 14.6. The van der Waals surface area contributed by atoms with Crippen LogP contribution in [-0.4, -0.2) is 40.3 Å². The van der Waals surface area contributed by atoms with Crippen LogP contribution in [0.25, 0.3) is 0 Å². The van der Waals surface area contributed by atoms with Gasteiger partial charge in [0, 0.05) is 31.9 Å². The second-order valence-electron chi connectivity index (χ2n) is 7.41. The van der Waals surface area contributed by atoms with Crippen molar-refractivity contribution >= 4 is 17.3 Å². The number of anilines is 1. The molecule has 1 atom stereocenters. The van der Waals surface area contributed by atoms with E-state index in [0.717, 1.165) is 40.0 Å². The Bertz CT molecular complexity index is 964. The maximum absolute atomic E-state index is 11.4. The molecule has 1 N–H and O–H groups in total. The minimum absolute atomic E-state index is 0.426. The van der Waals surface area contributed by atoms with E-state index in [4.69, 9.17) is 14.5 Å². The normalized spacial score (nSPS) is 19.4. The second kappa shape index (κ2) is 8.97. The highest BCUT2D eigenvalue weighted by atomic mass is 32.1. The fourth-order valence-electron chi connectivity index (χ4n) is 3.57. The SMILES string of the molecule is COc1ccc(OCc2sc(C3(O)CCCN(c4ncccn4)CC3)nc2C)cc1. The van der Waals surface area contributed by atoms with E-state index >= 15 is 0 Å². The molecule has 1 saturated heterocycles. The molecule has 0 aliphatic carbocycles. The Balaban J connectivity index is 1.43. The van der Waals surface area contributed by atoms with Crippen LogP contribution >= 0.6 is 11.3 Å². The minimum Gasteiger partial charge on any atom is -0.497 e. The fourth-order valence-corrected chi connectivity index (χ4v) is 4.69. The number of methoxy groups -OCH3 is 1. The molecule has 0 radical (unpaired) electrons. The van der Waals surface area contributed by atoms with Crippen molar-refractivity contribution in [1.29, 1.82) is 0 Å². The first kappa shape index (κ1) is 20.6. The van der Waals surface area contributed by atoms with Gasteiger partial charge in [-0.1, -0.05) is 0 Å². The molecule has 30 heavy (non-hydrogen) atoms. The topological polar surface area (TPSA) is 80.6 Å². The summed E-state index contributed by atoms with van der Waals surface area (Å²) in [5.41, 5.74) is -0.0263. The average molecular weight is 427 g/mol. The number of benzene rings is 1. The number of hydrogen-bond donors (Lipinski definition) is 1. The zero-order valence-electron chi connectivity index (χ0n) is 17.2. The fraction of sp³-hybridized carbons (Fsp3) is 0.409. The van der Waals surface area contributed by atoms with Crippen LogP contribution < -0.4 is 14.4 Å². The molecule has 1 fully saturated rings. The van der Waals surface area contributed by atoms with Crippen molar-refractivity contribution in [2.45, 2.75) is 38.4 Å². The van der Waals surface area contributed by atoms with Crippen molar-refractivity contribution in [1.82, 2.24) is 15.0 Å². The Morgan fingerprint density at radius 1 is 1.10 bits per heavy atom. The number of aliphatic hydroxyl groups is 1. The lowest BCUT2D eigenvalue weighted by Crippen LogP contribution is -2.30. The smallest absolute Gasteiger partial charge is 0.225 e. The van der Waals surface area contributed by atoms with Gasteiger partial charge in [0.15, 0.2) is 0 Å². The van der Waals surface area contributed by atoms with Crippen LogP contribution in [0.3, 0.4) is 0 Å². The highest BCUT2D eigenvalue weighted by Crippen LogP contribution is 2.37. The number of ether oxygens (including phenoxy) is 2. The van der Waals surface area contributed by atoms with Crippen molar-refractivity contribution in [3.63, 3.8) is 0 Å². The number of nitrogens with zero attached hydrogens (tertiary/aromatic N) is 4. The Morgan fingerprint density at radius 2 is 1.83 bits per heavy atom. The quantitative estimate of drug-likeness (QED) is 0.644. The highest BCUT2D eigenvalue weighted by Gasteiger charge is 2.36. The molecule has 0 saturated carbocycles. The van der Waals surface area contributed by atoms with E-state index in [-0.39, 0.29) is 0 Å². The van der Waals surface area contributed by atoms with Crippen molar-refractivity contribution in [2.24, 2.45) is 0 Å². The van der Waals surface area contributed by atoms with E-state index in [1.165, 1.54) is 11.3 Å². The van der Waals surface area contributed by atoms with Gasteiger partial charge in [0.25, 0.3) is 0 Å². The number of rotatable bonds is 6. The Labute approximate surface area is 180 Å². The van der Waals surface area contributed by atoms with Gasteiger partial charge in [-0.2, -0.15) is 0 Å². The molecule has 0 amide bonds. The molecule has 3 heterocycles. The number of aryl methyl sites for hydroxylation is 1. The average Bonchev–Trinajstić information content (AvgIpc) is 3.04. The van der Waals surface area contributed by atoms with E-state index in [1.54, 1.807) is 19.5 Å². The number of thiazole rings is 1. The molecule has 1 aliphatic rings. The summed E-state index contributed by atoms with van der Waals surface area (Å²) in [6.07, 6.45) is 5.61. The Morgan fingerprint density at radius 3 is 2.57 bits per heavy atom. The Kier molecular flexibility index (Phi) is 6.15. The van der Waals surface area contributed by atoms with Crippen molar-refractivity contribution in [3.05, 3.63) is 58.3 Å². The van der Waals surface area contributed by atoms with Gasteiger partial charge in [-0.25, -0.2) is 15.0 Å². The maximum Gasteiger partial charge on any atom is 0.225 e. The lowest BCUT2D eigenvalue weighted by atomic mass is 9.96. The standard InChI is InChI=1S/C22H26N4O3S/c1-16-19(15-29-18-7-5-17(28-2)6-8-18)30-20(25-16)22(27)9-3-13-26(14-10-22)21-23-11-4-12-24-21/h4-8,11-12,27H,3,9-10,13-15H2,1-2H3. The van der Waals surface area contributed by atoms with Gasteiger partial charge in [-0.15, -0.1) is 11.3 Å². The molecule has 1 aliphatic heterocycles. The zero-order valence-corrected chi connectivity index (χ0v) is 18.1. The monoisotopic (exact) mass is 426 g/mol. The highest BCUT2D eigenvalue weighted by molar-refractivity contribution is 7.11. The lowest BCUT2D eigenvalue weighted by Gasteiger charge is -2.24. The molecule has 1 aromatic carbocycles. The predicted octanol–water partition coefficient (Wildman–Crippen LogP) is 3.71. The van der Waals surface area contributed by atoms with Gasteiger partial charge in [-0.05, 0) is 50.1 Å². The molecule has 4 rings (SSSR count). The summed E-state index contributed by atoms with van der Waals surface area (Å²) in [7, 11) is 1.64. The second-order valence-corrected chi connectivity index (χ2v) is 8.50. The third kappa shape index (κ3) is 4.55. The maximum atomic E-state index is 11.4. The van der Waals surface area contributed by atoms with E-state index in [9.17, 15) is 5.11 Å². The first-order valence-electron chi connectivity index (χ1n) is 10.1. The van der Waals surface area contributed by atoms with Crippen LogP contribution in [0.1, 0.15) is 34.8 Å². The van der Waals surface area contributed by atoms with E-state index in [1.807, 2.05) is 37.3 Å². The van der Waals surface area contributed by atoms with Crippen LogP contribution in [0.4, 0.5) is 5.95 Å². The van der Waals surface area contributed by atoms with Gasteiger partial charge >= 0.3 is 0 Å². The Hall–Kier alpha value is -2.71. The van der Waals surface area contributed by atoms with Crippen molar-refractivity contribution in [3.8, 4) is 11.5 Å². The van der Waals surface area contributed by atoms with Crippen molar-refractivity contribution in [2.75, 3.05) is 25.1 Å². The molecule has 2 aromatic heterocycles. The van der Waals surface area contributed by atoms with Crippen LogP contribution in [0, 0.1) is 6.92 Å². The largest absolute Gasteiger partial charge is 0.497 e. The van der Waals surface area contributed by atoms with E-state index in [2.05, 4.69) is 14.9 Å². The van der Waals surface area contributed by atoms with Crippen LogP contribution in [0.5, 0.6) is 11.5 Å². The molecular formula is C22H26N4O3S. The summed E-state index contributed by atoms with van der Waals surface area (Å²) in [4.78, 5) is 16.5. The summed E-state index contributed by atoms with van der Waals surface area (Å²) >= 11 is 1.54. The molecule has 3 aromatic rings. The van der Waals surface area contributed by atoms with Crippen molar-refractivity contribution < 1.29 is 14.6 Å². The molecular weight excluding hydrogens is 400 g/mol. The predicted molar refractivity (Wildman–Crippen MR) is 116 cm³/mol. The molecule has 0 spiro atoms. The van der Waals surface area contributed by atoms with E-state index in [0.29, 0.717) is 31.9 Å². The summed E-state index contributed by atoms with van der Waals surface area (Å²) in [5, 5.41) is 12.2. The third-order valence-electron chi connectivity index (χ3n) is 5.37. The number of hydrogen-bond acceptors (Lipinski definition) is 8.